The average Bonchev–Trinajstić information content (AvgIpc) is 2.90. The molecule has 4 N–H and O–H groups in total. The summed E-state index contributed by atoms with van der Waals surface area (Å²) in [6.45, 7) is 0. The molecular formula is C24H24O8Si4. The quantitative estimate of drug-likeness (QED) is 0.249. The van der Waals surface area contributed by atoms with Gasteiger partial charge in [-0.1, -0.05) is 121 Å². The largest absolute Gasteiger partial charge is 0.520 e. The predicted octanol–water partition coefficient (Wildman–Crippen LogP) is -0.580. The van der Waals surface area contributed by atoms with Crippen molar-refractivity contribution in [2.45, 2.75) is 0 Å². The molecule has 1 aliphatic heterocycles. The first-order valence-electron chi connectivity index (χ1n) is 11.2. The Balaban J connectivity index is 1.73. The summed E-state index contributed by atoms with van der Waals surface area (Å²) < 4.78 is 24.3. The number of hydrogen-bond acceptors (Lipinski definition) is 8. The molecule has 0 bridgehead atoms. The highest BCUT2D eigenvalue weighted by Gasteiger charge is 2.67. The minimum absolute atomic E-state index is 0.229. The Kier molecular flexibility index (Phi) is 6.77. The van der Waals surface area contributed by atoms with Crippen molar-refractivity contribution in [1.82, 2.24) is 0 Å². The van der Waals surface area contributed by atoms with E-state index in [0.717, 1.165) is 0 Å². The van der Waals surface area contributed by atoms with Crippen LogP contribution in [0, 0.1) is 0 Å². The van der Waals surface area contributed by atoms with E-state index < -0.39 is 35.2 Å². The summed E-state index contributed by atoms with van der Waals surface area (Å²) in [5.74, 6) is 0. The highest BCUT2D eigenvalue weighted by atomic mass is 28.6. The molecule has 1 saturated heterocycles. The average molecular weight is 553 g/mol. The van der Waals surface area contributed by atoms with Gasteiger partial charge in [0.05, 0.1) is 0 Å². The molecule has 0 unspecified atom stereocenters. The topological polar surface area (TPSA) is 118 Å². The lowest BCUT2D eigenvalue weighted by atomic mass is 10.4. The predicted molar refractivity (Wildman–Crippen MR) is 141 cm³/mol. The molecule has 0 atom stereocenters. The van der Waals surface area contributed by atoms with Gasteiger partial charge in [0.15, 0.2) is 0 Å². The molecule has 5 rings (SSSR count). The lowest BCUT2D eigenvalue weighted by Gasteiger charge is -2.44. The van der Waals surface area contributed by atoms with Gasteiger partial charge in [0.2, 0.25) is 0 Å². The Bertz CT molecular complexity index is 1090. The van der Waals surface area contributed by atoms with E-state index >= 15 is 0 Å². The lowest BCUT2D eigenvalue weighted by molar-refractivity contribution is 0.0938. The Morgan fingerprint density at radius 2 is 0.472 bits per heavy atom. The fraction of sp³-hybridized carbons (Fsp3) is 0. The van der Waals surface area contributed by atoms with Crippen LogP contribution < -0.4 is 20.7 Å². The third-order valence-corrected chi connectivity index (χ3v) is 18.8. The van der Waals surface area contributed by atoms with Gasteiger partial charge >= 0.3 is 35.2 Å². The molecule has 8 nitrogen and oxygen atoms in total. The molecule has 1 fully saturated rings. The first-order valence-corrected chi connectivity index (χ1v) is 18.2. The third kappa shape index (κ3) is 4.85. The van der Waals surface area contributed by atoms with Gasteiger partial charge < -0.3 is 35.6 Å². The van der Waals surface area contributed by atoms with E-state index in [-0.39, 0.29) is 20.7 Å². The van der Waals surface area contributed by atoms with Crippen LogP contribution in [0.2, 0.25) is 0 Å². The number of hydrogen-bond donors (Lipinski definition) is 4. The third-order valence-electron chi connectivity index (χ3n) is 5.66. The molecule has 1 aliphatic rings. The Morgan fingerprint density at radius 1 is 0.306 bits per heavy atom. The first kappa shape index (κ1) is 25.1. The van der Waals surface area contributed by atoms with Crippen molar-refractivity contribution in [1.29, 1.82) is 0 Å². The lowest BCUT2D eigenvalue weighted by Crippen LogP contribution is -2.80. The van der Waals surface area contributed by atoms with Gasteiger partial charge in [-0.2, -0.15) is 0 Å². The van der Waals surface area contributed by atoms with Crippen LogP contribution in [0.15, 0.2) is 121 Å². The molecule has 184 valence electrons. The number of rotatable bonds is 4. The maximum Gasteiger partial charge on any atom is 0.520 e. The van der Waals surface area contributed by atoms with Gasteiger partial charge in [-0.05, 0) is 0 Å². The maximum absolute atomic E-state index is 11.9. The van der Waals surface area contributed by atoms with Crippen molar-refractivity contribution in [2.75, 3.05) is 0 Å². The fourth-order valence-corrected chi connectivity index (χ4v) is 18.3. The van der Waals surface area contributed by atoms with Crippen molar-refractivity contribution in [3.8, 4) is 0 Å². The molecule has 0 amide bonds. The molecule has 0 spiro atoms. The zero-order valence-electron chi connectivity index (χ0n) is 19.0. The molecule has 1 heterocycles. The van der Waals surface area contributed by atoms with Gasteiger partial charge in [0.25, 0.3) is 0 Å². The van der Waals surface area contributed by atoms with Crippen molar-refractivity contribution in [2.24, 2.45) is 0 Å². The molecular weight excluding hydrogens is 529 g/mol. The minimum atomic E-state index is -4.61. The van der Waals surface area contributed by atoms with E-state index in [1.54, 1.807) is 121 Å². The maximum atomic E-state index is 11.9. The summed E-state index contributed by atoms with van der Waals surface area (Å²) in [6, 6.07) is 33.0. The second kappa shape index (κ2) is 9.71. The van der Waals surface area contributed by atoms with Crippen LogP contribution in [0.3, 0.4) is 0 Å². The normalized spacial score (nSPS) is 30.8. The molecule has 0 aromatic heterocycles. The summed E-state index contributed by atoms with van der Waals surface area (Å²) in [4.78, 5) is 47.6. The van der Waals surface area contributed by atoms with Crippen molar-refractivity contribution < 1.29 is 35.6 Å². The zero-order chi connectivity index (χ0) is 25.3. The Morgan fingerprint density at radius 3 is 0.639 bits per heavy atom. The van der Waals surface area contributed by atoms with Crippen LogP contribution in [-0.2, 0) is 16.5 Å². The Labute approximate surface area is 212 Å². The van der Waals surface area contributed by atoms with Crippen molar-refractivity contribution >= 4 is 56.0 Å². The van der Waals surface area contributed by atoms with Gasteiger partial charge in [-0.3, -0.25) is 0 Å². The minimum Gasteiger partial charge on any atom is -0.387 e. The van der Waals surface area contributed by atoms with E-state index in [1.807, 2.05) is 0 Å². The second-order valence-corrected chi connectivity index (χ2v) is 18.4. The highest BCUT2D eigenvalue weighted by Crippen LogP contribution is 2.27. The first-order chi connectivity index (χ1) is 17.2. The van der Waals surface area contributed by atoms with Crippen molar-refractivity contribution in [3.05, 3.63) is 121 Å². The summed E-state index contributed by atoms with van der Waals surface area (Å²) in [7, 11) is -18.4. The van der Waals surface area contributed by atoms with E-state index in [2.05, 4.69) is 0 Å². The Hall–Kier alpha value is -2.57. The van der Waals surface area contributed by atoms with Gasteiger partial charge in [0, 0.05) is 20.7 Å². The molecule has 0 radical (unpaired) electrons. The van der Waals surface area contributed by atoms with Gasteiger partial charge in [0.1, 0.15) is 0 Å². The molecule has 0 aliphatic carbocycles. The summed E-state index contributed by atoms with van der Waals surface area (Å²) in [6.07, 6.45) is 0. The number of benzene rings is 4. The van der Waals surface area contributed by atoms with Crippen LogP contribution >= 0.6 is 0 Å². The van der Waals surface area contributed by atoms with Gasteiger partial charge in [-0.25, -0.2) is 0 Å². The van der Waals surface area contributed by atoms with Crippen molar-refractivity contribution in [3.63, 3.8) is 0 Å². The molecule has 4 aromatic rings. The van der Waals surface area contributed by atoms with Crippen LogP contribution in [0.5, 0.6) is 0 Å². The summed E-state index contributed by atoms with van der Waals surface area (Å²) >= 11 is 0. The van der Waals surface area contributed by atoms with Crippen LogP contribution in [-0.4, -0.2) is 54.4 Å². The van der Waals surface area contributed by atoms with Crippen LogP contribution in [0.25, 0.3) is 0 Å². The van der Waals surface area contributed by atoms with Crippen LogP contribution in [0.1, 0.15) is 0 Å². The summed E-state index contributed by atoms with van der Waals surface area (Å²) in [5, 5.41) is 0.918. The van der Waals surface area contributed by atoms with E-state index in [9.17, 15) is 19.2 Å². The zero-order valence-corrected chi connectivity index (χ0v) is 23.0. The molecule has 4 aromatic carbocycles. The fourth-order valence-electron chi connectivity index (χ4n) is 3.90. The second-order valence-electron chi connectivity index (χ2n) is 8.20. The monoisotopic (exact) mass is 552 g/mol. The van der Waals surface area contributed by atoms with E-state index in [1.165, 1.54) is 0 Å². The van der Waals surface area contributed by atoms with E-state index in [0.29, 0.717) is 0 Å². The van der Waals surface area contributed by atoms with Crippen LogP contribution in [0.4, 0.5) is 0 Å². The standard InChI is InChI=1S/C24H24O8Si4/c25-33(21-13-5-1-6-14-21)29-34(26,22-15-7-2-8-16-22)31-36(28,24-19-11-4-12-20-24)32-35(27,30-33)23-17-9-3-10-18-23/h1-20,25-28H/t33-,34+,35?,36?. The summed E-state index contributed by atoms with van der Waals surface area (Å²) in [5.41, 5.74) is 0. The van der Waals surface area contributed by atoms with Gasteiger partial charge in [-0.15, -0.1) is 0 Å². The van der Waals surface area contributed by atoms with E-state index in [4.69, 9.17) is 16.5 Å². The molecule has 12 heteroatoms. The SMILES string of the molecule is O[Si]1(c2ccccc2)O[Si](O)(c2ccccc2)O[Si@](O)(c2ccccc2)O[Si@](O)(c2ccccc2)O1. The molecule has 36 heavy (non-hydrogen) atoms. The molecule has 0 saturated carbocycles. The smallest absolute Gasteiger partial charge is 0.387 e. The highest BCUT2D eigenvalue weighted by molar-refractivity contribution is 7.00.